The average Bonchev–Trinajstić information content (AvgIpc) is 3.41. The van der Waals surface area contributed by atoms with Gasteiger partial charge in [0.15, 0.2) is 5.82 Å². The van der Waals surface area contributed by atoms with E-state index in [-0.39, 0.29) is 24.2 Å². The first-order valence-electron chi connectivity index (χ1n) is 10.3. The van der Waals surface area contributed by atoms with E-state index < -0.39 is 0 Å². The SMILES string of the molecule is O=C(Cn1nc2c(N3CCOCC3)nc3ccccc3n2c1=O)NCC1CCCO1. The molecule has 3 aromatic rings. The minimum Gasteiger partial charge on any atom is -0.378 e. The molecule has 1 amide bonds. The second-order valence-electron chi connectivity index (χ2n) is 7.56. The molecule has 0 radical (unpaired) electrons. The zero-order chi connectivity index (χ0) is 20.5. The van der Waals surface area contributed by atoms with Gasteiger partial charge < -0.3 is 19.7 Å². The summed E-state index contributed by atoms with van der Waals surface area (Å²) < 4.78 is 13.7. The monoisotopic (exact) mass is 412 g/mol. The standard InChI is InChI=1S/C20H24N6O4/c27-17(21-12-14-4-3-9-30-14)13-25-20(28)26-16-6-2-1-5-15(16)22-18(19(26)23-25)24-7-10-29-11-8-24/h1-2,5-6,14H,3-4,7-13H2,(H,21,27). The zero-order valence-electron chi connectivity index (χ0n) is 16.6. The Bertz CT molecular complexity index is 1130. The molecular weight excluding hydrogens is 388 g/mol. The van der Waals surface area contributed by atoms with Crippen molar-refractivity contribution >= 4 is 28.4 Å². The molecule has 2 aliphatic rings. The molecule has 0 spiro atoms. The van der Waals surface area contributed by atoms with Crippen LogP contribution in [0.15, 0.2) is 29.1 Å². The number of fused-ring (bicyclic) bond motifs is 3. The molecule has 158 valence electrons. The van der Waals surface area contributed by atoms with Crippen molar-refractivity contribution in [1.29, 1.82) is 0 Å². The molecule has 5 rings (SSSR count). The highest BCUT2D eigenvalue weighted by molar-refractivity contribution is 5.83. The van der Waals surface area contributed by atoms with Gasteiger partial charge in [0.25, 0.3) is 0 Å². The van der Waals surface area contributed by atoms with Crippen LogP contribution >= 0.6 is 0 Å². The molecule has 1 aromatic carbocycles. The number of para-hydroxylation sites is 2. The molecule has 4 heterocycles. The van der Waals surface area contributed by atoms with Gasteiger partial charge in [-0.1, -0.05) is 12.1 Å². The van der Waals surface area contributed by atoms with E-state index >= 15 is 0 Å². The number of nitrogens with one attached hydrogen (secondary N) is 1. The quantitative estimate of drug-likeness (QED) is 0.637. The van der Waals surface area contributed by atoms with Crippen molar-refractivity contribution < 1.29 is 14.3 Å². The smallest absolute Gasteiger partial charge is 0.351 e. The van der Waals surface area contributed by atoms with E-state index in [1.54, 1.807) is 4.40 Å². The second kappa shape index (κ2) is 8.04. The highest BCUT2D eigenvalue weighted by Gasteiger charge is 2.23. The predicted octanol–water partition coefficient (Wildman–Crippen LogP) is 0.176. The Morgan fingerprint density at radius 3 is 2.83 bits per heavy atom. The van der Waals surface area contributed by atoms with Crippen LogP contribution in [0.2, 0.25) is 0 Å². The van der Waals surface area contributed by atoms with Crippen molar-refractivity contribution in [3.63, 3.8) is 0 Å². The number of hydrogen-bond donors (Lipinski definition) is 1. The molecule has 2 aliphatic heterocycles. The maximum atomic E-state index is 13.2. The Kier molecular flexibility index (Phi) is 5.09. The summed E-state index contributed by atoms with van der Waals surface area (Å²) in [6.07, 6.45) is 2.00. The van der Waals surface area contributed by atoms with Crippen molar-refractivity contribution in [3.8, 4) is 0 Å². The lowest BCUT2D eigenvalue weighted by molar-refractivity contribution is -0.122. The van der Waals surface area contributed by atoms with E-state index in [9.17, 15) is 9.59 Å². The van der Waals surface area contributed by atoms with Gasteiger partial charge in [-0.25, -0.2) is 18.9 Å². The van der Waals surface area contributed by atoms with Crippen LogP contribution in [0.3, 0.4) is 0 Å². The minimum absolute atomic E-state index is 0.0489. The van der Waals surface area contributed by atoms with Crippen molar-refractivity contribution in [2.75, 3.05) is 44.4 Å². The van der Waals surface area contributed by atoms with E-state index in [2.05, 4.69) is 15.3 Å². The van der Waals surface area contributed by atoms with Gasteiger partial charge in [-0.15, -0.1) is 5.10 Å². The number of aromatic nitrogens is 4. The molecule has 1 unspecified atom stereocenters. The van der Waals surface area contributed by atoms with Gasteiger partial charge in [-0.2, -0.15) is 0 Å². The number of morpholine rings is 1. The highest BCUT2D eigenvalue weighted by Crippen LogP contribution is 2.23. The van der Waals surface area contributed by atoms with E-state index in [0.717, 1.165) is 19.4 Å². The third-order valence-electron chi connectivity index (χ3n) is 5.54. The molecule has 0 bridgehead atoms. The van der Waals surface area contributed by atoms with Crippen molar-refractivity contribution in [2.45, 2.75) is 25.5 Å². The lowest BCUT2D eigenvalue weighted by Gasteiger charge is -2.27. The van der Waals surface area contributed by atoms with Gasteiger partial charge in [0.2, 0.25) is 11.6 Å². The first kappa shape index (κ1) is 19.0. The maximum absolute atomic E-state index is 13.2. The van der Waals surface area contributed by atoms with E-state index in [0.29, 0.717) is 55.3 Å². The van der Waals surface area contributed by atoms with Gasteiger partial charge in [0.1, 0.15) is 6.54 Å². The Labute approximate surface area is 172 Å². The van der Waals surface area contributed by atoms with Crippen LogP contribution in [0.25, 0.3) is 16.7 Å². The van der Waals surface area contributed by atoms with Crippen LogP contribution in [0.5, 0.6) is 0 Å². The molecular formula is C20H24N6O4. The van der Waals surface area contributed by atoms with Crippen molar-refractivity contribution in [2.24, 2.45) is 0 Å². The fraction of sp³-hybridized carbons (Fsp3) is 0.500. The Morgan fingerprint density at radius 2 is 2.03 bits per heavy atom. The van der Waals surface area contributed by atoms with Crippen LogP contribution in [-0.2, 0) is 20.8 Å². The lowest BCUT2D eigenvalue weighted by atomic mass is 10.2. The van der Waals surface area contributed by atoms with Crippen LogP contribution in [-0.4, -0.2) is 70.6 Å². The van der Waals surface area contributed by atoms with E-state index in [4.69, 9.17) is 14.5 Å². The normalized spacial score (nSPS) is 19.6. The summed E-state index contributed by atoms with van der Waals surface area (Å²) in [7, 11) is 0. The molecule has 2 fully saturated rings. The number of anilines is 1. The van der Waals surface area contributed by atoms with Gasteiger partial charge in [0, 0.05) is 26.2 Å². The molecule has 10 heteroatoms. The number of carbonyl (C=O) groups excluding carboxylic acids is 1. The summed E-state index contributed by atoms with van der Waals surface area (Å²) in [6.45, 7) is 3.56. The molecule has 2 aromatic heterocycles. The summed E-state index contributed by atoms with van der Waals surface area (Å²) in [4.78, 5) is 32.4. The fourth-order valence-corrected chi connectivity index (χ4v) is 4.00. The third-order valence-corrected chi connectivity index (χ3v) is 5.54. The minimum atomic E-state index is -0.356. The molecule has 1 N–H and O–H groups in total. The summed E-state index contributed by atoms with van der Waals surface area (Å²) in [5.41, 5.74) is 1.47. The molecule has 2 saturated heterocycles. The summed E-state index contributed by atoms with van der Waals surface area (Å²) >= 11 is 0. The van der Waals surface area contributed by atoms with E-state index in [1.807, 2.05) is 24.3 Å². The van der Waals surface area contributed by atoms with Crippen LogP contribution in [0.1, 0.15) is 12.8 Å². The molecule has 0 saturated carbocycles. The summed E-state index contributed by atoms with van der Waals surface area (Å²) in [5.74, 6) is 0.369. The Hall–Kier alpha value is -2.98. The van der Waals surface area contributed by atoms with Gasteiger partial charge in [-0.3, -0.25) is 4.79 Å². The van der Waals surface area contributed by atoms with Gasteiger partial charge in [-0.05, 0) is 25.0 Å². The number of amides is 1. The van der Waals surface area contributed by atoms with Crippen molar-refractivity contribution in [1.82, 2.24) is 24.5 Å². The molecule has 30 heavy (non-hydrogen) atoms. The van der Waals surface area contributed by atoms with Crippen molar-refractivity contribution in [3.05, 3.63) is 34.7 Å². The topological polar surface area (TPSA) is 103 Å². The van der Waals surface area contributed by atoms with Gasteiger partial charge >= 0.3 is 5.69 Å². The number of rotatable bonds is 5. The first-order valence-corrected chi connectivity index (χ1v) is 10.3. The number of carbonyl (C=O) groups is 1. The lowest BCUT2D eigenvalue weighted by Crippen LogP contribution is -2.37. The van der Waals surface area contributed by atoms with E-state index in [1.165, 1.54) is 4.68 Å². The Balaban J connectivity index is 1.50. The average molecular weight is 412 g/mol. The number of hydrogen-bond acceptors (Lipinski definition) is 7. The highest BCUT2D eigenvalue weighted by atomic mass is 16.5. The first-order chi connectivity index (χ1) is 14.7. The molecule has 0 aliphatic carbocycles. The van der Waals surface area contributed by atoms with Gasteiger partial charge in [0.05, 0.1) is 30.4 Å². The van der Waals surface area contributed by atoms with Crippen LogP contribution in [0, 0.1) is 0 Å². The number of nitrogens with zero attached hydrogens (tertiary/aromatic N) is 5. The van der Waals surface area contributed by atoms with Crippen LogP contribution < -0.4 is 15.9 Å². The molecule has 10 nitrogen and oxygen atoms in total. The summed E-state index contributed by atoms with van der Waals surface area (Å²) in [5, 5.41) is 7.33. The zero-order valence-corrected chi connectivity index (χ0v) is 16.6. The van der Waals surface area contributed by atoms with Crippen LogP contribution in [0.4, 0.5) is 5.82 Å². The predicted molar refractivity (Wildman–Crippen MR) is 110 cm³/mol. The second-order valence-corrected chi connectivity index (χ2v) is 7.56. The fourth-order valence-electron chi connectivity index (χ4n) is 4.00. The largest absolute Gasteiger partial charge is 0.378 e. The maximum Gasteiger partial charge on any atom is 0.351 e. The molecule has 1 atom stereocenters. The summed E-state index contributed by atoms with van der Waals surface area (Å²) in [6, 6.07) is 7.45. The Morgan fingerprint density at radius 1 is 1.20 bits per heavy atom. The third kappa shape index (κ3) is 3.52. The number of benzene rings is 1. The number of ether oxygens (including phenoxy) is 2.